The molecule has 3 heterocycles. The lowest BCUT2D eigenvalue weighted by Gasteiger charge is -2.21. The molecule has 0 N–H and O–H groups in total. The van der Waals surface area contributed by atoms with Crippen molar-refractivity contribution in [3.8, 4) is 0 Å². The van der Waals surface area contributed by atoms with Gasteiger partial charge in [-0.25, -0.2) is 9.97 Å². The fourth-order valence-corrected chi connectivity index (χ4v) is 2.62. The first-order chi connectivity index (χ1) is 8.27. The molecule has 2 aromatic rings. The van der Waals surface area contributed by atoms with Crippen molar-refractivity contribution in [3.63, 3.8) is 0 Å². The van der Waals surface area contributed by atoms with E-state index in [4.69, 9.17) is 27.9 Å². The van der Waals surface area contributed by atoms with Gasteiger partial charge in [-0.3, -0.25) is 4.40 Å². The third-order valence-electron chi connectivity index (χ3n) is 3.08. The van der Waals surface area contributed by atoms with Crippen molar-refractivity contribution in [1.82, 2.24) is 14.4 Å². The van der Waals surface area contributed by atoms with Gasteiger partial charge in [-0.2, -0.15) is 0 Å². The molecule has 0 aliphatic carbocycles. The molecule has 0 atom stereocenters. The van der Waals surface area contributed by atoms with Crippen molar-refractivity contribution in [2.45, 2.75) is 18.8 Å². The average Bonchev–Trinajstić information content (AvgIpc) is 2.81. The van der Waals surface area contributed by atoms with Gasteiger partial charge in [-0.05, 0) is 12.8 Å². The second-order valence-corrected chi connectivity index (χ2v) is 4.84. The molecule has 0 amide bonds. The number of rotatable bonds is 1. The summed E-state index contributed by atoms with van der Waals surface area (Å²) in [5, 5.41) is 0.976. The van der Waals surface area contributed by atoms with Gasteiger partial charge in [0.25, 0.3) is 0 Å². The maximum absolute atomic E-state index is 6.17. The van der Waals surface area contributed by atoms with Gasteiger partial charge in [0.1, 0.15) is 16.5 Å². The lowest BCUT2D eigenvalue weighted by molar-refractivity contribution is 0.0835. The first kappa shape index (κ1) is 11.3. The number of hydrogen-bond acceptors (Lipinski definition) is 3. The van der Waals surface area contributed by atoms with Crippen molar-refractivity contribution >= 4 is 28.7 Å². The third-order valence-corrected chi connectivity index (χ3v) is 3.64. The Morgan fingerprint density at radius 1 is 1.18 bits per heavy atom. The number of ether oxygens (including phenoxy) is 1. The van der Waals surface area contributed by atoms with Crippen LogP contribution in [-0.4, -0.2) is 27.6 Å². The summed E-state index contributed by atoms with van der Waals surface area (Å²) >= 11 is 12.2. The highest BCUT2D eigenvalue weighted by Crippen LogP contribution is 2.30. The SMILES string of the molecule is Clc1ncc(Cl)n2c(C3CCOCC3)ncc12. The first-order valence-electron chi connectivity index (χ1n) is 5.52. The van der Waals surface area contributed by atoms with Crippen LogP contribution >= 0.6 is 23.2 Å². The Hall–Kier alpha value is -0.840. The van der Waals surface area contributed by atoms with Gasteiger partial charge >= 0.3 is 0 Å². The summed E-state index contributed by atoms with van der Waals surface area (Å²) in [7, 11) is 0. The Morgan fingerprint density at radius 3 is 2.71 bits per heavy atom. The second kappa shape index (κ2) is 4.44. The standard InChI is InChI=1S/C11H11Cl2N3O/c12-9-6-14-10(13)8-5-15-11(16(8)9)7-1-3-17-4-2-7/h5-7H,1-4H2. The highest BCUT2D eigenvalue weighted by atomic mass is 35.5. The van der Waals surface area contributed by atoms with Crippen LogP contribution in [0.2, 0.25) is 10.3 Å². The number of nitrogens with zero attached hydrogens (tertiary/aromatic N) is 3. The van der Waals surface area contributed by atoms with Gasteiger partial charge in [0.05, 0.1) is 12.4 Å². The van der Waals surface area contributed by atoms with Gasteiger partial charge in [0, 0.05) is 19.1 Å². The van der Waals surface area contributed by atoms with Gasteiger partial charge in [0.15, 0.2) is 5.15 Å². The van der Waals surface area contributed by atoms with E-state index in [2.05, 4.69) is 9.97 Å². The maximum Gasteiger partial charge on any atom is 0.154 e. The van der Waals surface area contributed by atoms with Crippen LogP contribution in [0.15, 0.2) is 12.4 Å². The van der Waals surface area contributed by atoms with Gasteiger partial charge in [-0.1, -0.05) is 23.2 Å². The van der Waals surface area contributed by atoms with E-state index in [0.29, 0.717) is 16.2 Å². The molecule has 0 unspecified atom stereocenters. The van der Waals surface area contributed by atoms with Crippen molar-refractivity contribution in [3.05, 3.63) is 28.5 Å². The highest BCUT2D eigenvalue weighted by Gasteiger charge is 2.22. The second-order valence-electron chi connectivity index (χ2n) is 4.10. The van der Waals surface area contributed by atoms with Crippen LogP contribution in [0.1, 0.15) is 24.6 Å². The molecule has 4 nitrogen and oxygen atoms in total. The Labute approximate surface area is 109 Å². The minimum atomic E-state index is 0.377. The molecule has 3 rings (SSSR count). The molecular weight excluding hydrogens is 261 g/mol. The van der Waals surface area contributed by atoms with Crippen LogP contribution in [0.25, 0.3) is 5.52 Å². The van der Waals surface area contributed by atoms with Crippen LogP contribution in [-0.2, 0) is 4.74 Å². The lowest BCUT2D eigenvalue weighted by Crippen LogP contribution is -2.16. The van der Waals surface area contributed by atoms with E-state index in [1.54, 1.807) is 12.4 Å². The molecule has 6 heteroatoms. The molecule has 1 fully saturated rings. The topological polar surface area (TPSA) is 39.4 Å². The summed E-state index contributed by atoms with van der Waals surface area (Å²) in [6, 6.07) is 0. The number of aromatic nitrogens is 3. The smallest absolute Gasteiger partial charge is 0.154 e. The molecule has 1 saturated heterocycles. The lowest BCUT2D eigenvalue weighted by atomic mass is 10.00. The van der Waals surface area contributed by atoms with Crippen molar-refractivity contribution in [2.75, 3.05) is 13.2 Å². The quantitative estimate of drug-likeness (QED) is 0.801. The molecule has 2 aromatic heterocycles. The largest absolute Gasteiger partial charge is 0.381 e. The first-order valence-corrected chi connectivity index (χ1v) is 6.28. The maximum atomic E-state index is 6.17. The number of fused-ring (bicyclic) bond motifs is 1. The van der Waals surface area contributed by atoms with E-state index in [-0.39, 0.29) is 0 Å². The molecule has 0 saturated carbocycles. The normalized spacial score (nSPS) is 17.8. The molecule has 17 heavy (non-hydrogen) atoms. The third kappa shape index (κ3) is 1.90. The fraction of sp³-hybridized carbons (Fsp3) is 0.455. The van der Waals surface area contributed by atoms with E-state index < -0.39 is 0 Å². The van der Waals surface area contributed by atoms with Crippen LogP contribution in [0.4, 0.5) is 0 Å². The molecule has 1 aliphatic rings. The molecule has 1 aliphatic heterocycles. The molecule has 90 valence electrons. The van der Waals surface area contributed by atoms with Crippen LogP contribution in [0, 0.1) is 0 Å². The van der Waals surface area contributed by atoms with Gasteiger partial charge in [-0.15, -0.1) is 0 Å². The van der Waals surface area contributed by atoms with E-state index in [9.17, 15) is 0 Å². The Kier molecular flexibility index (Phi) is 2.94. The van der Waals surface area contributed by atoms with E-state index >= 15 is 0 Å². The monoisotopic (exact) mass is 271 g/mol. The minimum Gasteiger partial charge on any atom is -0.381 e. The van der Waals surface area contributed by atoms with Crippen LogP contribution in [0.5, 0.6) is 0 Å². The summed E-state index contributed by atoms with van der Waals surface area (Å²) in [4.78, 5) is 8.45. The zero-order chi connectivity index (χ0) is 11.8. The van der Waals surface area contributed by atoms with Crippen molar-refractivity contribution < 1.29 is 4.74 Å². The Morgan fingerprint density at radius 2 is 1.94 bits per heavy atom. The zero-order valence-electron chi connectivity index (χ0n) is 9.07. The summed E-state index contributed by atoms with van der Waals surface area (Å²) in [6.45, 7) is 1.55. The summed E-state index contributed by atoms with van der Waals surface area (Å²) in [5.74, 6) is 1.33. The summed E-state index contributed by atoms with van der Waals surface area (Å²) in [6.07, 6.45) is 5.22. The molecule has 0 bridgehead atoms. The van der Waals surface area contributed by atoms with Crippen molar-refractivity contribution in [1.29, 1.82) is 0 Å². The Bertz CT molecular complexity index is 549. The predicted molar refractivity (Wildman–Crippen MR) is 65.8 cm³/mol. The molecule has 0 aromatic carbocycles. The van der Waals surface area contributed by atoms with Crippen molar-refractivity contribution in [2.24, 2.45) is 0 Å². The van der Waals surface area contributed by atoms with E-state index in [0.717, 1.165) is 37.4 Å². The van der Waals surface area contributed by atoms with E-state index in [1.807, 2.05) is 4.40 Å². The molecular formula is C11H11Cl2N3O. The fourth-order valence-electron chi connectivity index (χ4n) is 2.21. The van der Waals surface area contributed by atoms with E-state index in [1.165, 1.54) is 0 Å². The number of imidazole rings is 1. The molecule has 0 spiro atoms. The predicted octanol–water partition coefficient (Wildman–Crippen LogP) is 2.93. The van der Waals surface area contributed by atoms with Crippen LogP contribution < -0.4 is 0 Å². The van der Waals surface area contributed by atoms with Gasteiger partial charge in [0.2, 0.25) is 0 Å². The average molecular weight is 272 g/mol. The molecule has 0 radical (unpaired) electrons. The summed E-state index contributed by atoms with van der Waals surface area (Å²) < 4.78 is 7.24. The number of halogens is 2. The zero-order valence-corrected chi connectivity index (χ0v) is 10.6. The van der Waals surface area contributed by atoms with Crippen LogP contribution in [0.3, 0.4) is 0 Å². The number of hydrogen-bond donors (Lipinski definition) is 0. The summed E-state index contributed by atoms with van der Waals surface area (Å²) in [5.41, 5.74) is 0.764. The van der Waals surface area contributed by atoms with Gasteiger partial charge < -0.3 is 4.74 Å². The Balaban J connectivity index is 2.13. The minimum absolute atomic E-state index is 0.377. The highest BCUT2D eigenvalue weighted by molar-refractivity contribution is 6.33.